The number of nitrogens with one attached hydrogen (secondary N) is 2. The van der Waals surface area contributed by atoms with Crippen molar-refractivity contribution >= 4 is 28.1 Å². The summed E-state index contributed by atoms with van der Waals surface area (Å²) in [6, 6.07) is 21.5. The summed E-state index contributed by atoms with van der Waals surface area (Å²) in [5.74, 6) is 0.490. The van der Waals surface area contributed by atoms with E-state index in [1.165, 1.54) is 5.39 Å². The van der Waals surface area contributed by atoms with Gasteiger partial charge in [0.15, 0.2) is 0 Å². The maximum atomic E-state index is 12.2. The standard InChI is InChI=1S/C21H20N2O2/c1-2-13-25-20-10-6-5-9-19(20)23-21(24)15-22-18-12-11-16-7-3-4-8-17(16)14-18/h2-12,14,22H,1,13,15H2,(H,23,24). The van der Waals surface area contributed by atoms with Crippen molar-refractivity contribution in [2.75, 3.05) is 23.8 Å². The van der Waals surface area contributed by atoms with E-state index in [2.05, 4.69) is 23.3 Å². The molecule has 2 N–H and O–H groups in total. The summed E-state index contributed by atoms with van der Waals surface area (Å²) in [4.78, 5) is 12.2. The Balaban J connectivity index is 1.61. The molecule has 1 amide bonds. The molecule has 3 aromatic rings. The van der Waals surface area contributed by atoms with Crippen LogP contribution >= 0.6 is 0 Å². The number of para-hydroxylation sites is 2. The largest absolute Gasteiger partial charge is 0.487 e. The van der Waals surface area contributed by atoms with Crippen LogP contribution in [0.25, 0.3) is 10.8 Å². The number of rotatable bonds is 7. The Morgan fingerprint density at radius 2 is 1.76 bits per heavy atom. The fraction of sp³-hybridized carbons (Fsp3) is 0.0952. The zero-order valence-corrected chi connectivity index (χ0v) is 13.9. The van der Waals surface area contributed by atoms with E-state index in [0.717, 1.165) is 11.1 Å². The lowest BCUT2D eigenvalue weighted by atomic mass is 10.1. The highest BCUT2D eigenvalue weighted by Crippen LogP contribution is 2.24. The van der Waals surface area contributed by atoms with Gasteiger partial charge in [-0.3, -0.25) is 4.79 Å². The Hall–Kier alpha value is -3.27. The van der Waals surface area contributed by atoms with Crippen molar-refractivity contribution < 1.29 is 9.53 Å². The average Bonchev–Trinajstić information content (AvgIpc) is 2.65. The first kappa shape index (κ1) is 16.6. The molecule has 4 nitrogen and oxygen atoms in total. The van der Waals surface area contributed by atoms with Gasteiger partial charge in [0.2, 0.25) is 5.91 Å². The minimum atomic E-state index is -0.136. The summed E-state index contributed by atoms with van der Waals surface area (Å²) in [6.45, 7) is 4.19. The third-order valence-corrected chi connectivity index (χ3v) is 3.72. The van der Waals surface area contributed by atoms with E-state index in [1.807, 2.05) is 60.7 Å². The quantitative estimate of drug-likeness (QED) is 0.628. The molecule has 0 radical (unpaired) electrons. The third kappa shape index (κ3) is 4.38. The molecule has 0 aromatic heterocycles. The number of hydrogen-bond acceptors (Lipinski definition) is 3. The summed E-state index contributed by atoms with van der Waals surface area (Å²) in [5.41, 5.74) is 1.56. The van der Waals surface area contributed by atoms with Crippen molar-refractivity contribution in [1.82, 2.24) is 0 Å². The molecule has 0 aliphatic carbocycles. The first-order chi connectivity index (χ1) is 12.3. The molecule has 126 valence electrons. The smallest absolute Gasteiger partial charge is 0.243 e. The minimum Gasteiger partial charge on any atom is -0.487 e. The number of carbonyl (C=O) groups excluding carboxylic acids is 1. The molecule has 0 aliphatic rings. The number of anilines is 2. The second kappa shape index (κ2) is 8.02. The number of ether oxygens (including phenoxy) is 1. The van der Waals surface area contributed by atoms with Crippen LogP contribution in [0.1, 0.15) is 0 Å². The van der Waals surface area contributed by atoms with E-state index in [-0.39, 0.29) is 12.5 Å². The van der Waals surface area contributed by atoms with Crippen LogP contribution in [-0.4, -0.2) is 19.1 Å². The molecule has 25 heavy (non-hydrogen) atoms. The molecule has 0 bridgehead atoms. The zero-order chi connectivity index (χ0) is 17.5. The normalized spacial score (nSPS) is 10.2. The SMILES string of the molecule is C=CCOc1ccccc1NC(=O)CNc1ccc2ccccc2c1. The van der Waals surface area contributed by atoms with Crippen LogP contribution in [-0.2, 0) is 4.79 Å². The molecule has 0 atom stereocenters. The summed E-state index contributed by atoms with van der Waals surface area (Å²) >= 11 is 0. The monoisotopic (exact) mass is 332 g/mol. The number of carbonyl (C=O) groups is 1. The molecule has 0 saturated carbocycles. The molecule has 0 aliphatic heterocycles. The Morgan fingerprint density at radius 1 is 1.00 bits per heavy atom. The molecule has 3 rings (SSSR count). The van der Waals surface area contributed by atoms with Crippen molar-refractivity contribution in [1.29, 1.82) is 0 Å². The second-order valence-electron chi connectivity index (χ2n) is 5.56. The van der Waals surface area contributed by atoms with Crippen LogP contribution in [0.2, 0.25) is 0 Å². The van der Waals surface area contributed by atoms with Gasteiger partial charge in [-0.25, -0.2) is 0 Å². The van der Waals surface area contributed by atoms with Gasteiger partial charge in [0.05, 0.1) is 12.2 Å². The zero-order valence-electron chi connectivity index (χ0n) is 13.9. The molecular formula is C21H20N2O2. The van der Waals surface area contributed by atoms with Crippen LogP contribution in [0.15, 0.2) is 79.4 Å². The van der Waals surface area contributed by atoms with E-state index in [1.54, 1.807) is 6.08 Å². The Labute approximate surface area is 147 Å². The Morgan fingerprint density at radius 3 is 2.60 bits per heavy atom. The van der Waals surface area contributed by atoms with Crippen molar-refractivity contribution in [2.24, 2.45) is 0 Å². The Kier molecular flexibility index (Phi) is 5.32. The van der Waals surface area contributed by atoms with Crippen LogP contribution in [0.5, 0.6) is 5.75 Å². The van der Waals surface area contributed by atoms with Crippen molar-refractivity contribution in [3.05, 3.63) is 79.4 Å². The van der Waals surface area contributed by atoms with Gasteiger partial charge >= 0.3 is 0 Å². The lowest BCUT2D eigenvalue weighted by Crippen LogP contribution is -2.22. The summed E-state index contributed by atoms with van der Waals surface area (Å²) in [5, 5.41) is 8.32. The van der Waals surface area contributed by atoms with Gasteiger partial charge in [0, 0.05) is 5.69 Å². The first-order valence-electron chi connectivity index (χ1n) is 8.11. The average molecular weight is 332 g/mol. The highest BCUT2D eigenvalue weighted by atomic mass is 16.5. The van der Waals surface area contributed by atoms with Gasteiger partial charge in [-0.1, -0.05) is 55.1 Å². The van der Waals surface area contributed by atoms with Crippen LogP contribution in [0.3, 0.4) is 0 Å². The lowest BCUT2D eigenvalue weighted by Gasteiger charge is -2.12. The summed E-state index contributed by atoms with van der Waals surface area (Å²) in [6.07, 6.45) is 1.67. The minimum absolute atomic E-state index is 0.136. The molecule has 0 unspecified atom stereocenters. The molecule has 4 heteroatoms. The molecular weight excluding hydrogens is 312 g/mol. The fourth-order valence-corrected chi connectivity index (χ4v) is 2.52. The van der Waals surface area contributed by atoms with Gasteiger partial charge in [-0.15, -0.1) is 0 Å². The van der Waals surface area contributed by atoms with E-state index in [9.17, 15) is 4.79 Å². The summed E-state index contributed by atoms with van der Waals surface area (Å²) < 4.78 is 5.54. The first-order valence-corrected chi connectivity index (χ1v) is 8.11. The fourth-order valence-electron chi connectivity index (χ4n) is 2.52. The van der Waals surface area contributed by atoms with Crippen LogP contribution in [0, 0.1) is 0 Å². The van der Waals surface area contributed by atoms with Gasteiger partial charge in [0.1, 0.15) is 12.4 Å². The predicted molar refractivity (Wildman–Crippen MR) is 103 cm³/mol. The number of amides is 1. The van der Waals surface area contributed by atoms with Crippen molar-refractivity contribution in [3.63, 3.8) is 0 Å². The van der Waals surface area contributed by atoms with Crippen molar-refractivity contribution in [2.45, 2.75) is 0 Å². The Bertz CT molecular complexity index is 890. The predicted octanol–water partition coefficient (Wildman–Crippen LogP) is 4.46. The van der Waals surface area contributed by atoms with Crippen LogP contribution < -0.4 is 15.4 Å². The molecule has 0 fully saturated rings. The van der Waals surface area contributed by atoms with Gasteiger partial charge < -0.3 is 15.4 Å². The highest BCUT2D eigenvalue weighted by molar-refractivity contribution is 5.95. The third-order valence-electron chi connectivity index (χ3n) is 3.72. The molecule has 0 heterocycles. The van der Waals surface area contributed by atoms with E-state index in [0.29, 0.717) is 18.0 Å². The van der Waals surface area contributed by atoms with E-state index >= 15 is 0 Å². The van der Waals surface area contributed by atoms with Crippen molar-refractivity contribution in [3.8, 4) is 5.75 Å². The molecule has 0 saturated heterocycles. The molecule has 0 spiro atoms. The number of hydrogen-bond donors (Lipinski definition) is 2. The highest BCUT2D eigenvalue weighted by Gasteiger charge is 2.07. The van der Waals surface area contributed by atoms with Gasteiger partial charge in [0.25, 0.3) is 0 Å². The second-order valence-corrected chi connectivity index (χ2v) is 5.56. The van der Waals surface area contributed by atoms with E-state index in [4.69, 9.17) is 4.74 Å². The number of fused-ring (bicyclic) bond motifs is 1. The van der Waals surface area contributed by atoms with Gasteiger partial charge in [-0.2, -0.15) is 0 Å². The van der Waals surface area contributed by atoms with Crippen LogP contribution in [0.4, 0.5) is 11.4 Å². The van der Waals surface area contributed by atoms with Gasteiger partial charge in [-0.05, 0) is 35.0 Å². The van der Waals surface area contributed by atoms with E-state index < -0.39 is 0 Å². The topological polar surface area (TPSA) is 50.4 Å². The lowest BCUT2D eigenvalue weighted by molar-refractivity contribution is -0.114. The maximum Gasteiger partial charge on any atom is 0.243 e. The number of benzene rings is 3. The molecule has 3 aromatic carbocycles. The maximum absolute atomic E-state index is 12.2. The summed E-state index contributed by atoms with van der Waals surface area (Å²) in [7, 11) is 0.